The maximum Gasteiger partial charge on any atom is 0.153 e. The van der Waals surface area contributed by atoms with Crippen LogP contribution in [0.2, 0.25) is 0 Å². The van der Waals surface area contributed by atoms with Gasteiger partial charge in [-0.2, -0.15) is 0 Å². The molecule has 0 radical (unpaired) electrons. The minimum Gasteiger partial charge on any atom is -0.456 e. The van der Waals surface area contributed by atoms with Crippen LogP contribution in [0.15, 0.2) is 42.5 Å². The highest BCUT2D eigenvalue weighted by molar-refractivity contribution is 5.81. The third kappa shape index (κ3) is 4.53. The first-order chi connectivity index (χ1) is 12.2. The number of carbonyl (C=O) groups excluding carboxylic acids is 1. The van der Waals surface area contributed by atoms with Gasteiger partial charge in [0.1, 0.15) is 11.5 Å². The zero-order chi connectivity index (χ0) is 18.2. The lowest BCUT2D eigenvalue weighted by Crippen LogP contribution is -2.21. The number of nitrogens with zero attached hydrogens (tertiary/aromatic N) is 2. The third-order valence-corrected chi connectivity index (χ3v) is 4.43. The average molecular weight is 340 g/mol. The molecule has 25 heavy (non-hydrogen) atoms. The second-order valence-corrected chi connectivity index (χ2v) is 5.78. The molecule has 0 atom stereocenters. The molecule has 4 heteroatoms. The maximum atomic E-state index is 11.4. The van der Waals surface area contributed by atoms with Crippen LogP contribution in [0.3, 0.4) is 0 Å². The number of aldehydes is 1. The summed E-state index contributed by atoms with van der Waals surface area (Å²) in [6.45, 7) is 12.2. The van der Waals surface area contributed by atoms with E-state index in [4.69, 9.17) is 4.74 Å². The summed E-state index contributed by atoms with van der Waals surface area (Å²) in [4.78, 5) is 15.9. The topological polar surface area (TPSA) is 32.8 Å². The Labute approximate surface area is 151 Å². The molecule has 0 heterocycles. The minimum absolute atomic E-state index is 0.559. The van der Waals surface area contributed by atoms with Gasteiger partial charge in [0.2, 0.25) is 0 Å². The van der Waals surface area contributed by atoms with E-state index >= 15 is 0 Å². The summed E-state index contributed by atoms with van der Waals surface area (Å²) in [5.41, 5.74) is 2.74. The number of benzene rings is 2. The van der Waals surface area contributed by atoms with Gasteiger partial charge in [0.25, 0.3) is 0 Å². The van der Waals surface area contributed by atoms with Gasteiger partial charge in [-0.3, -0.25) is 4.79 Å². The van der Waals surface area contributed by atoms with Crippen LogP contribution in [0.5, 0.6) is 11.5 Å². The molecule has 0 aliphatic heterocycles. The highest BCUT2D eigenvalue weighted by atomic mass is 16.5. The van der Waals surface area contributed by atoms with E-state index in [1.54, 1.807) is 0 Å². The van der Waals surface area contributed by atoms with Crippen molar-refractivity contribution in [1.82, 2.24) is 0 Å². The maximum absolute atomic E-state index is 11.4. The number of ether oxygens (including phenoxy) is 1. The lowest BCUT2D eigenvalue weighted by atomic mass is 10.1. The number of carbonyl (C=O) groups is 1. The van der Waals surface area contributed by atoms with Crippen LogP contribution in [0, 0.1) is 0 Å². The largest absolute Gasteiger partial charge is 0.456 e. The Hall–Kier alpha value is -2.49. The Kier molecular flexibility index (Phi) is 6.87. The Morgan fingerprint density at radius 1 is 0.840 bits per heavy atom. The summed E-state index contributed by atoms with van der Waals surface area (Å²) in [6.07, 6.45) is 0.843. The molecule has 2 aromatic rings. The predicted molar refractivity (Wildman–Crippen MR) is 105 cm³/mol. The van der Waals surface area contributed by atoms with E-state index in [0.29, 0.717) is 11.3 Å². The van der Waals surface area contributed by atoms with Crippen molar-refractivity contribution in [2.24, 2.45) is 0 Å². The van der Waals surface area contributed by atoms with Gasteiger partial charge < -0.3 is 14.5 Å². The molecule has 0 spiro atoms. The van der Waals surface area contributed by atoms with Crippen molar-refractivity contribution in [2.45, 2.75) is 27.7 Å². The fraction of sp³-hybridized carbons (Fsp3) is 0.381. The summed E-state index contributed by atoms with van der Waals surface area (Å²) in [5.74, 6) is 1.33. The lowest BCUT2D eigenvalue weighted by Gasteiger charge is -2.23. The van der Waals surface area contributed by atoms with E-state index in [-0.39, 0.29) is 0 Å². The van der Waals surface area contributed by atoms with Crippen molar-refractivity contribution in [3.05, 3.63) is 48.0 Å². The quantitative estimate of drug-likeness (QED) is 0.603. The molecule has 2 rings (SSSR count). The Bertz CT molecular complexity index is 692. The smallest absolute Gasteiger partial charge is 0.153 e. The zero-order valence-corrected chi connectivity index (χ0v) is 15.7. The molecule has 0 fully saturated rings. The summed E-state index contributed by atoms with van der Waals surface area (Å²) in [6, 6.07) is 13.7. The second kappa shape index (κ2) is 9.11. The van der Waals surface area contributed by atoms with E-state index < -0.39 is 0 Å². The lowest BCUT2D eigenvalue weighted by molar-refractivity contribution is 0.112. The van der Waals surface area contributed by atoms with Crippen LogP contribution >= 0.6 is 0 Å². The van der Waals surface area contributed by atoms with E-state index in [9.17, 15) is 4.79 Å². The highest BCUT2D eigenvalue weighted by Gasteiger charge is 2.10. The molecular weight excluding hydrogens is 312 g/mol. The monoisotopic (exact) mass is 340 g/mol. The predicted octanol–water partition coefficient (Wildman–Crippen LogP) is 4.98. The minimum atomic E-state index is 0.559. The molecule has 0 amide bonds. The molecule has 0 aromatic heterocycles. The van der Waals surface area contributed by atoms with Gasteiger partial charge in [-0.05, 0) is 52.0 Å². The summed E-state index contributed by atoms with van der Waals surface area (Å²) < 4.78 is 6.08. The molecule has 0 aliphatic carbocycles. The van der Waals surface area contributed by atoms with Gasteiger partial charge in [0.05, 0.1) is 5.56 Å². The summed E-state index contributed by atoms with van der Waals surface area (Å²) >= 11 is 0. The SMILES string of the molecule is CCN(CC)c1cccc(Oc2cc(N(CC)CC)ccc2C=O)c1. The number of rotatable bonds is 9. The first-order valence-electron chi connectivity index (χ1n) is 9.03. The molecule has 134 valence electrons. The summed E-state index contributed by atoms with van der Waals surface area (Å²) in [7, 11) is 0. The van der Waals surface area contributed by atoms with Gasteiger partial charge in [-0.15, -0.1) is 0 Å². The Balaban J connectivity index is 2.34. The van der Waals surface area contributed by atoms with Crippen LogP contribution in [0.4, 0.5) is 11.4 Å². The molecule has 4 nitrogen and oxygen atoms in total. The average Bonchev–Trinajstić information content (AvgIpc) is 2.64. The number of anilines is 2. The molecule has 0 aliphatic rings. The molecule has 2 aromatic carbocycles. The molecule has 0 bridgehead atoms. The first-order valence-corrected chi connectivity index (χ1v) is 9.03. The van der Waals surface area contributed by atoms with Crippen LogP contribution in [-0.2, 0) is 0 Å². The van der Waals surface area contributed by atoms with Gasteiger partial charge in [0.15, 0.2) is 6.29 Å². The number of hydrogen-bond acceptors (Lipinski definition) is 4. The van der Waals surface area contributed by atoms with Crippen LogP contribution in [0.1, 0.15) is 38.1 Å². The van der Waals surface area contributed by atoms with Crippen molar-refractivity contribution >= 4 is 17.7 Å². The van der Waals surface area contributed by atoms with Gasteiger partial charge in [-0.1, -0.05) is 6.07 Å². The van der Waals surface area contributed by atoms with Crippen LogP contribution < -0.4 is 14.5 Å². The van der Waals surface area contributed by atoms with Crippen LogP contribution in [-0.4, -0.2) is 32.5 Å². The van der Waals surface area contributed by atoms with E-state index in [1.807, 2.05) is 36.4 Å². The first kappa shape index (κ1) is 18.8. The van der Waals surface area contributed by atoms with Crippen molar-refractivity contribution < 1.29 is 9.53 Å². The Morgan fingerprint density at radius 2 is 1.44 bits per heavy atom. The van der Waals surface area contributed by atoms with E-state index in [2.05, 4.69) is 43.6 Å². The van der Waals surface area contributed by atoms with E-state index in [0.717, 1.165) is 49.6 Å². The molecular formula is C21H28N2O2. The molecule has 0 N–H and O–H groups in total. The fourth-order valence-electron chi connectivity index (χ4n) is 2.95. The molecule has 0 saturated heterocycles. The Morgan fingerprint density at radius 3 is 2.00 bits per heavy atom. The second-order valence-electron chi connectivity index (χ2n) is 5.78. The summed E-state index contributed by atoms with van der Waals surface area (Å²) in [5, 5.41) is 0. The van der Waals surface area contributed by atoms with Crippen molar-refractivity contribution in [1.29, 1.82) is 0 Å². The van der Waals surface area contributed by atoms with Crippen molar-refractivity contribution in [3.8, 4) is 11.5 Å². The van der Waals surface area contributed by atoms with Gasteiger partial charge in [0, 0.05) is 49.7 Å². The van der Waals surface area contributed by atoms with E-state index in [1.165, 1.54) is 0 Å². The van der Waals surface area contributed by atoms with Crippen LogP contribution in [0.25, 0.3) is 0 Å². The van der Waals surface area contributed by atoms with Gasteiger partial charge in [-0.25, -0.2) is 0 Å². The zero-order valence-electron chi connectivity index (χ0n) is 15.7. The van der Waals surface area contributed by atoms with Gasteiger partial charge >= 0.3 is 0 Å². The normalized spacial score (nSPS) is 10.4. The molecule has 0 unspecified atom stereocenters. The fourth-order valence-corrected chi connectivity index (χ4v) is 2.95. The van der Waals surface area contributed by atoms with Crippen molar-refractivity contribution in [3.63, 3.8) is 0 Å². The molecule has 0 saturated carbocycles. The highest BCUT2D eigenvalue weighted by Crippen LogP contribution is 2.31. The third-order valence-electron chi connectivity index (χ3n) is 4.43. The van der Waals surface area contributed by atoms with Crippen molar-refractivity contribution in [2.75, 3.05) is 36.0 Å². The standard InChI is InChI=1S/C21H28N2O2/c1-5-22(6-2)18-10-9-11-20(14-18)25-21-15-19(23(7-3)8-4)13-12-17(21)16-24/h9-16H,5-8H2,1-4H3. The number of hydrogen-bond donors (Lipinski definition) is 0.